The fraction of sp³-hybridized carbons (Fsp3) is 0.611. The maximum Gasteiger partial charge on any atom is 0.251 e. The lowest BCUT2D eigenvalue weighted by Crippen LogP contribution is -2.36. The fourth-order valence-corrected chi connectivity index (χ4v) is 4.79. The van der Waals surface area contributed by atoms with E-state index in [0.29, 0.717) is 24.2 Å². The van der Waals surface area contributed by atoms with Crippen LogP contribution in [0.4, 0.5) is 0 Å². The number of hydrogen-bond acceptors (Lipinski definition) is 3. The number of carbonyl (C=O) groups is 1. The van der Waals surface area contributed by atoms with Crippen molar-refractivity contribution < 1.29 is 13.2 Å². The van der Waals surface area contributed by atoms with Gasteiger partial charge in [-0.1, -0.05) is 26.3 Å². The van der Waals surface area contributed by atoms with Gasteiger partial charge >= 0.3 is 0 Å². The van der Waals surface area contributed by atoms with Crippen molar-refractivity contribution in [3.8, 4) is 0 Å². The molecule has 5 nitrogen and oxygen atoms in total. The lowest BCUT2D eigenvalue weighted by atomic mass is 10.1. The zero-order valence-electron chi connectivity index (χ0n) is 14.8. The van der Waals surface area contributed by atoms with Crippen molar-refractivity contribution in [2.45, 2.75) is 63.8 Å². The summed E-state index contributed by atoms with van der Waals surface area (Å²) in [5.74, 6) is -0.209. The molecule has 0 aliphatic carbocycles. The molecule has 1 aromatic rings. The van der Waals surface area contributed by atoms with Crippen LogP contribution >= 0.6 is 0 Å². The van der Waals surface area contributed by atoms with Gasteiger partial charge in [0, 0.05) is 24.7 Å². The molecule has 0 radical (unpaired) electrons. The topological polar surface area (TPSA) is 66.5 Å². The van der Waals surface area contributed by atoms with Gasteiger partial charge in [-0.05, 0) is 50.3 Å². The molecule has 1 saturated heterocycles. The van der Waals surface area contributed by atoms with Crippen molar-refractivity contribution in [3.05, 3.63) is 29.3 Å². The number of nitrogens with zero attached hydrogens (tertiary/aromatic N) is 1. The Balaban J connectivity index is 2.29. The highest BCUT2D eigenvalue weighted by molar-refractivity contribution is 7.89. The van der Waals surface area contributed by atoms with Crippen LogP contribution in [0.3, 0.4) is 0 Å². The highest BCUT2D eigenvalue weighted by atomic mass is 32.2. The number of rotatable bonds is 6. The molecule has 0 atom stereocenters. The van der Waals surface area contributed by atoms with Crippen molar-refractivity contribution in [3.63, 3.8) is 0 Å². The van der Waals surface area contributed by atoms with Gasteiger partial charge in [0.05, 0.1) is 4.90 Å². The second-order valence-corrected chi connectivity index (χ2v) is 8.34. The average molecular weight is 353 g/mol. The third kappa shape index (κ3) is 4.16. The molecule has 24 heavy (non-hydrogen) atoms. The van der Waals surface area contributed by atoms with E-state index in [1.54, 1.807) is 23.4 Å². The predicted octanol–water partition coefficient (Wildman–Crippen LogP) is 3.09. The van der Waals surface area contributed by atoms with Gasteiger partial charge in [-0.2, -0.15) is 4.31 Å². The lowest BCUT2D eigenvalue weighted by Gasteiger charge is -2.26. The van der Waals surface area contributed by atoms with Crippen molar-refractivity contribution in [1.29, 1.82) is 0 Å². The number of hydrogen-bond donors (Lipinski definition) is 1. The summed E-state index contributed by atoms with van der Waals surface area (Å²) in [6.07, 6.45) is 4.57. The average Bonchev–Trinajstić information content (AvgIpc) is 2.60. The van der Waals surface area contributed by atoms with Crippen LogP contribution in [0.15, 0.2) is 23.1 Å². The molecule has 1 fully saturated rings. The quantitative estimate of drug-likeness (QED) is 0.855. The molecule has 0 bridgehead atoms. The normalized spacial score (nSPS) is 16.3. The third-order valence-electron chi connectivity index (χ3n) is 4.70. The molecule has 0 aromatic heterocycles. The highest BCUT2D eigenvalue weighted by Gasteiger charge is 2.28. The number of sulfonamides is 1. The summed E-state index contributed by atoms with van der Waals surface area (Å²) in [6, 6.07) is 5.05. The van der Waals surface area contributed by atoms with E-state index in [2.05, 4.69) is 5.32 Å². The minimum atomic E-state index is -3.53. The van der Waals surface area contributed by atoms with E-state index in [1.165, 1.54) is 6.07 Å². The van der Waals surface area contributed by atoms with E-state index < -0.39 is 10.0 Å². The van der Waals surface area contributed by atoms with Crippen LogP contribution in [0.1, 0.15) is 61.9 Å². The Morgan fingerprint density at radius 1 is 1.17 bits per heavy atom. The summed E-state index contributed by atoms with van der Waals surface area (Å²) >= 11 is 0. The Kier molecular flexibility index (Phi) is 6.40. The SMILES string of the molecule is CCC(CC)NC(=O)c1ccc(C)c(S(=O)(=O)N2CCCCC2)c1. The van der Waals surface area contributed by atoms with Crippen LogP contribution in [0, 0.1) is 6.92 Å². The van der Waals surface area contributed by atoms with Gasteiger partial charge < -0.3 is 5.32 Å². The molecule has 1 aliphatic heterocycles. The molecule has 0 saturated carbocycles. The molecule has 1 aliphatic rings. The van der Waals surface area contributed by atoms with Crippen LogP contribution < -0.4 is 5.32 Å². The van der Waals surface area contributed by atoms with Crippen molar-refractivity contribution in [2.75, 3.05) is 13.1 Å². The molecule has 6 heteroatoms. The maximum atomic E-state index is 12.9. The molecule has 1 heterocycles. The zero-order chi connectivity index (χ0) is 17.7. The van der Waals surface area contributed by atoms with Gasteiger partial charge in [0.15, 0.2) is 0 Å². The van der Waals surface area contributed by atoms with Gasteiger partial charge in [0.25, 0.3) is 5.91 Å². The number of nitrogens with one attached hydrogen (secondary N) is 1. The Bertz CT molecular complexity index is 676. The summed E-state index contributed by atoms with van der Waals surface area (Å²) in [5.41, 5.74) is 1.09. The molecule has 0 spiro atoms. The Labute approximate surface area is 145 Å². The van der Waals surface area contributed by atoms with E-state index in [-0.39, 0.29) is 16.8 Å². The number of aryl methyl sites for hydroxylation is 1. The number of piperidine rings is 1. The second kappa shape index (κ2) is 8.12. The lowest BCUT2D eigenvalue weighted by molar-refractivity contribution is 0.0934. The van der Waals surface area contributed by atoms with Gasteiger partial charge in [0.1, 0.15) is 0 Å². The monoisotopic (exact) mass is 352 g/mol. The standard InChI is InChI=1S/C18H28N2O3S/c1-4-16(5-2)19-18(21)15-10-9-14(3)17(13-15)24(22,23)20-11-7-6-8-12-20/h9-10,13,16H,4-8,11-12H2,1-3H3,(H,19,21). The maximum absolute atomic E-state index is 12.9. The predicted molar refractivity (Wildman–Crippen MR) is 95.6 cm³/mol. The van der Waals surface area contributed by atoms with Gasteiger partial charge in [0.2, 0.25) is 10.0 Å². The Hall–Kier alpha value is -1.40. The van der Waals surface area contributed by atoms with Gasteiger partial charge in [-0.25, -0.2) is 8.42 Å². The molecule has 2 rings (SSSR count). The van der Waals surface area contributed by atoms with Crippen LogP contribution in [0.2, 0.25) is 0 Å². The first-order chi connectivity index (χ1) is 11.4. The first kappa shape index (κ1) is 18.9. The first-order valence-corrected chi connectivity index (χ1v) is 10.3. The van der Waals surface area contributed by atoms with Crippen molar-refractivity contribution in [1.82, 2.24) is 9.62 Å². The number of carbonyl (C=O) groups excluding carboxylic acids is 1. The molecule has 1 aromatic carbocycles. The van der Waals surface area contributed by atoms with E-state index in [1.807, 2.05) is 13.8 Å². The molecule has 1 amide bonds. The smallest absolute Gasteiger partial charge is 0.251 e. The number of benzene rings is 1. The fourth-order valence-electron chi connectivity index (χ4n) is 3.03. The summed E-state index contributed by atoms with van der Waals surface area (Å²) in [6.45, 7) is 6.95. The number of amides is 1. The molecule has 0 unspecified atom stereocenters. The molecule has 1 N–H and O–H groups in total. The van der Waals surface area contributed by atoms with Crippen LogP contribution in [-0.2, 0) is 10.0 Å². The van der Waals surface area contributed by atoms with Crippen LogP contribution in [-0.4, -0.2) is 37.8 Å². The third-order valence-corrected chi connectivity index (χ3v) is 6.74. The van der Waals surface area contributed by atoms with Crippen molar-refractivity contribution >= 4 is 15.9 Å². The molecular weight excluding hydrogens is 324 g/mol. The molecule has 134 valence electrons. The van der Waals surface area contributed by atoms with Gasteiger partial charge in [-0.3, -0.25) is 4.79 Å². The van der Waals surface area contributed by atoms with E-state index in [4.69, 9.17) is 0 Å². The summed E-state index contributed by atoms with van der Waals surface area (Å²) in [5, 5.41) is 2.96. The van der Waals surface area contributed by atoms with Crippen LogP contribution in [0.5, 0.6) is 0 Å². The van der Waals surface area contributed by atoms with Crippen LogP contribution in [0.25, 0.3) is 0 Å². The first-order valence-electron chi connectivity index (χ1n) is 8.81. The Morgan fingerprint density at radius 2 is 1.79 bits per heavy atom. The largest absolute Gasteiger partial charge is 0.349 e. The van der Waals surface area contributed by atoms with E-state index in [0.717, 1.165) is 32.1 Å². The summed E-state index contributed by atoms with van der Waals surface area (Å²) in [4.78, 5) is 12.7. The summed E-state index contributed by atoms with van der Waals surface area (Å²) in [7, 11) is -3.53. The van der Waals surface area contributed by atoms with Gasteiger partial charge in [-0.15, -0.1) is 0 Å². The minimum Gasteiger partial charge on any atom is -0.349 e. The highest BCUT2D eigenvalue weighted by Crippen LogP contribution is 2.24. The van der Waals surface area contributed by atoms with Crippen molar-refractivity contribution in [2.24, 2.45) is 0 Å². The summed E-state index contributed by atoms with van der Waals surface area (Å²) < 4.78 is 27.4. The van der Waals surface area contributed by atoms with E-state index in [9.17, 15) is 13.2 Å². The second-order valence-electron chi connectivity index (χ2n) is 6.43. The van der Waals surface area contributed by atoms with E-state index >= 15 is 0 Å². The Morgan fingerprint density at radius 3 is 2.38 bits per heavy atom. The minimum absolute atomic E-state index is 0.112. The molecular formula is C18H28N2O3S. The zero-order valence-corrected chi connectivity index (χ0v) is 15.7.